The Morgan fingerprint density at radius 2 is 0.250 bits per heavy atom. The van der Waals surface area contributed by atoms with Crippen LogP contribution in [0.15, 0.2) is 0 Å². The van der Waals surface area contributed by atoms with Crippen molar-refractivity contribution in [3.05, 3.63) is 0 Å². The molecule has 0 atom stereocenters. The minimum Gasteiger partial charge on any atom is 0 e. The molecule has 0 bridgehead atoms. The fourth-order valence-electron chi connectivity index (χ4n) is 0. The molecule has 15 radical (unpaired) electrons. The molecule has 15 valence electrons. The van der Waals surface area contributed by atoms with Gasteiger partial charge < -0.3 is 0 Å². The molecule has 0 aliphatic rings. The van der Waals surface area contributed by atoms with Crippen LogP contribution in [0.4, 0.5) is 0 Å². The summed E-state index contributed by atoms with van der Waals surface area (Å²) in [6.45, 7) is 0. The maximum Gasteiger partial charge on any atom is 5.00 e. The molecular weight excluding hydrogens is 414 g/mol. The Morgan fingerprint density at radius 3 is 0.250 bits per heavy atom. The van der Waals surface area contributed by atoms with Crippen LogP contribution >= 0.6 is 0 Å². The van der Waals surface area contributed by atoms with E-state index >= 15 is 0 Å². The molecular formula is Al5Nb3+15. The fraction of sp³-hybridized carbons (Fsp3) is 0. The molecule has 0 aliphatic carbocycles. The first-order chi connectivity index (χ1) is 0. The van der Waals surface area contributed by atoms with Gasteiger partial charge in [0.1, 0.15) is 0 Å². The third-order valence-corrected chi connectivity index (χ3v) is 0. The second-order valence-corrected chi connectivity index (χ2v) is 0. The predicted octanol–water partition coefficient (Wildman–Crippen LogP) is -1.91. The topological polar surface area (TPSA) is 0 Å². The van der Waals surface area contributed by atoms with Crippen molar-refractivity contribution in [3.63, 3.8) is 0 Å². The van der Waals surface area contributed by atoms with Crippen LogP contribution in [0.5, 0.6) is 0 Å². The third-order valence-electron chi connectivity index (χ3n) is 0. The minimum absolute atomic E-state index is 0. The van der Waals surface area contributed by atoms with Crippen LogP contribution < -0.4 is 0 Å². The van der Waals surface area contributed by atoms with E-state index in [4.69, 9.17) is 0 Å². The second kappa shape index (κ2) is 59.0. The van der Waals surface area contributed by atoms with E-state index in [1.54, 1.807) is 0 Å². The van der Waals surface area contributed by atoms with E-state index in [1.807, 2.05) is 0 Å². The Morgan fingerprint density at radius 1 is 0.250 bits per heavy atom. The summed E-state index contributed by atoms with van der Waals surface area (Å²) in [6.07, 6.45) is 0. The van der Waals surface area contributed by atoms with E-state index in [0.717, 1.165) is 0 Å². The molecule has 0 fully saturated rings. The summed E-state index contributed by atoms with van der Waals surface area (Å²) in [5, 5.41) is 0. The molecule has 0 saturated heterocycles. The van der Waals surface area contributed by atoms with Crippen molar-refractivity contribution in [2.24, 2.45) is 0 Å². The second-order valence-electron chi connectivity index (χ2n) is 0. The van der Waals surface area contributed by atoms with Crippen LogP contribution in [-0.2, 0) is 67.1 Å². The average Bonchev–Trinajstić information content (AvgIpc) is 0. The molecule has 0 aromatic heterocycles. The van der Waals surface area contributed by atoms with Crippen molar-refractivity contribution >= 4 is 86.8 Å². The molecule has 0 N–H and O–H groups in total. The van der Waals surface area contributed by atoms with Gasteiger partial charge in [0.2, 0.25) is 0 Å². The Hall–Kier alpha value is 4.88. The van der Waals surface area contributed by atoms with Gasteiger partial charge in [-0.15, -0.1) is 0 Å². The number of hydrogen-bond acceptors (Lipinski definition) is 0. The molecule has 0 aliphatic heterocycles. The Balaban J connectivity index is 0. The van der Waals surface area contributed by atoms with Gasteiger partial charge in [-0.25, -0.2) is 0 Å². The quantitative estimate of drug-likeness (QED) is 0.407. The summed E-state index contributed by atoms with van der Waals surface area (Å²) in [5.41, 5.74) is 0. The third kappa shape index (κ3) is 44.6. The van der Waals surface area contributed by atoms with Crippen LogP contribution in [0.25, 0.3) is 0 Å². The smallest absolute Gasteiger partial charge is 0 e. The van der Waals surface area contributed by atoms with E-state index in [0.29, 0.717) is 0 Å². The van der Waals surface area contributed by atoms with Gasteiger partial charge in [0, 0.05) is 86.8 Å². The maximum atomic E-state index is 0. The average molecular weight is 414 g/mol. The zero-order valence-corrected chi connectivity index (χ0v) is 16.6. The maximum absolute atomic E-state index is 0. The molecule has 0 unspecified atom stereocenters. The molecule has 0 saturated carbocycles. The van der Waals surface area contributed by atoms with Gasteiger partial charge in [0.05, 0.1) is 0 Å². The normalized spacial score (nSPS) is 0. The summed E-state index contributed by atoms with van der Waals surface area (Å²) < 4.78 is 0. The van der Waals surface area contributed by atoms with Gasteiger partial charge in [-0.05, 0) is 0 Å². The van der Waals surface area contributed by atoms with E-state index in [2.05, 4.69) is 0 Å². The van der Waals surface area contributed by atoms with Crippen LogP contribution in [0.2, 0.25) is 0 Å². The van der Waals surface area contributed by atoms with Crippen LogP contribution in [0.1, 0.15) is 0 Å². The largest absolute Gasteiger partial charge is 5.00 e. The number of rotatable bonds is 0. The van der Waals surface area contributed by atoms with Crippen molar-refractivity contribution in [1.82, 2.24) is 0 Å². The summed E-state index contributed by atoms with van der Waals surface area (Å²) in [4.78, 5) is 0. The van der Waals surface area contributed by atoms with Gasteiger partial charge in [0.15, 0.2) is 0 Å². The van der Waals surface area contributed by atoms with Gasteiger partial charge in [-0.2, -0.15) is 0 Å². The van der Waals surface area contributed by atoms with Crippen LogP contribution in [-0.4, -0.2) is 86.8 Å². The van der Waals surface area contributed by atoms with Crippen molar-refractivity contribution in [2.45, 2.75) is 0 Å². The van der Waals surface area contributed by atoms with Crippen molar-refractivity contribution < 1.29 is 67.1 Å². The van der Waals surface area contributed by atoms with Crippen LogP contribution in [0.3, 0.4) is 0 Å². The molecule has 0 heterocycles. The van der Waals surface area contributed by atoms with Gasteiger partial charge >= 0.3 is 67.1 Å². The summed E-state index contributed by atoms with van der Waals surface area (Å²) >= 11 is 0. The minimum atomic E-state index is 0. The predicted molar refractivity (Wildman–Crippen MR) is 28.8 cm³/mol. The first kappa shape index (κ1) is 76.3. The molecule has 0 aromatic carbocycles. The number of hydrogen-bond donors (Lipinski definition) is 0. The monoisotopic (exact) mass is 414 g/mol. The molecule has 0 aromatic rings. The Kier molecular flexibility index (Phi) is 563. The molecule has 8 heteroatoms. The van der Waals surface area contributed by atoms with E-state index in [9.17, 15) is 0 Å². The van der Waals surface area contributed by atoms with E-state index in [1.165, 1.54) is 0 Å². The molecule has 0 amide bonds. The van der Waals surface area contributed by atoms with Gasteiger partial charge in [-0.3, -0.25) is 0 Å². The van der Waals surface area contributed by atoms with Crippen molar-refractivity contribution in [1.29, 1.82) is 0 Å². The fourth-order valence-corrected chi connectivity index (χ4v) is 0. The van der Waals surface area contributed by atoms with Gasteiger partial charge in [0.25, 0.3) is 0 Å². The van der Waals surface area contributed by atoms with E-state index < -0.39 is 0 Å². The molecule has 0 spiro atoms. The molecule has 0 nitrogen and oxygen atoms in total. The Bertz CT molecular complexity index is 7.64. The van der Waals surface area contributed by atoms with Crippen LogP contribution in [0, 0.1) is 0 Å². The Labute approximate surface area is 151 Å². The summed E-state index contributed by atoms with van der Waals surface area (Å²) in [5.74, 6) is 0. The SMILES string of the molecule is [Al].[Al].[Al].[Al].[Al].[Nb+5].[Nb+5].[Nb+5]. The summed E-state index contributed by atoms with van der Waals surface area (Å²) in [6, 6.07) is 0. The first-order valence-corrected chi connectivity index (χ1v) is 0. The zero-order chi connectivity index (χ0) is 0. The van der Waals surface area contributed by atoms with E-state index in [-0.39, 0.29) is 154 Å². The molecule has 0 rings (SSSR count). The summed E-state index contributed by atoms with van der Waals surface area (Å²) in [7, 11) is 0. The zero-order valence-electron chi connectivity index (χ0n) is 4.23. The standard InChI is InChI=1S/5Al.3Nb/q;;;;;3*+5. The first-order valence-electron chi connectivity index (χ1n) is 0. The van der Waals surface area contributed by atoms with Crippen molar-refractivity contribution in [3.8, 4) is 0 Å². The van der Waals surface area contributed by atoms with Crippen molar-refractivity contribution in [2.75, 3.05) is 0 Å². The van der Waals surface area contributed by atoms with Gasteiger partial charge in [-0.1, -0.05) is 0 Å². The molecule has 8 heavy (non-hydrogen) atoms.